The van der Waals surface area contributed by atoms with E-state index >= 15 is 0 Å². The first-order chi connectivity index (χ1) is 7.18. The van der Waals surface area contributed by atoms with Crippen LogP contribution in [0.4, 0.5) is 0 Å². The maximum absolute atomic E-state index is 11.4. The number of rotatable bonds is 5. The number of hydrogen-bond donors (Lipinski definition) is 3. The predicted octanol–water partition coefficient (Wildman–Crippen LogP) is 0.100. The Kier molecular flexibility index (Phi) is 5.65. The van der Waals surface area contributed by atoms with Crippen LogP contribution in [0.15, 0.2) is 0 Å². The first kappa shape index (κ1) is 12.5. The summed E-state index contributed by atoms with van der Waals surface area (Å²) < 4.78 is 0. The highest BCUT2D eigenvalue weighted by Gasteiger charge is 2.13. The molecule has 1 amide bonds. The summed E-state index contributed by atoms with van der Waals surface area (Å²) >= 11 is 0. The van der Waals surface area contributed by atoms with Gasteiger partial charge >= 0.3 is 0 Å². The van der Waals surface area contributed by atoms with E-state index in [9.17, 15) is 4.79 Å². The van der Waals surface area contributed by atoms with Crippen molar-refractivity contribution in [2.24, 2.45) is 5.92 Å². The molecule has 0 aromatic rings. The minimum atomic E-state index is 0.113. The molecule has 3 N–H and O–H groups in total. The highest BCUT2D eigenvalue weighted by molar-refractivity contribution is 5.77. The summed E-state index contributed by atoms with van der Waals surface area (Å²) in [5.41, 5.74) is 0. The zero-order valence-electron chi connectivity index (χ0n) is 9.81. The second-order valence-electron chi connectivity index (χ2n) is 4.60. The molecule has 0 saturated carbocycles. The van der Waals surface area contributed by atoms with Crippen molar-refractivity contribution < 1.29 is 4.79 Å². The zero-order valence-corrected chi connectivity index (χ0v) is 9.81. The molecule has 0 spiro atoms. The minimum Gasteiger partial charge on any atom is -0.355 e. The van der Waals surface area contributed by atoms with Gasteiger partial charge in [0, 0.05) is 12.6 Å². The average molecular weight is 213 g/mol. The Bertz CT molecular complexity index is 188. The largest absolute Gasteiger partial charge is 0.355 e. The van der Waals surface area contributed by atoms with Crippen LogP contribution in [0, 0.1) is 5.92 Å². The van der Waals surface area contributed by atoms with E-state index in [1.54, 1.807) is 0 Å². The lowest BCUT2D eigenvalue weighted by atomic mass is 10.1. The maximum Gasteiger partial charge on any atom is 0.233 e. The molecule has 1 saturated heterocycles. The Balaban J connectivity index is 2.05. The van der Waals surface area contributed by atoms with Gasteiger partial charge in [0.15, 0.2) is 0 Å². The lowest BCUT2D eigenvalue weighted by Crippen LogP contribution is -2.44. The van der Waals surface area contributed by atoms with Crippen LogP contribution in [0.2, 0.25) is 0 Å². The van der Waals surface area contributed by atoms with E-state index in [0.29, 0.717) is 18.5 Å². The molecule has 1 fully saturated rings. The molecule has 0 radical (unpaired) electrons. The summed E-state index contributed by atoms with van der Waals surface area (Å²) in [6.45, 7) is 7.54. The fourth-order valence-corrected chi connectivity index (χ4v) is 1.64. The van der Waals surface area contributed by atoms with Crippen molar-refractivity contribution in [3.63, 3.8) is 0 Å². The van der Waals surface area contributed by atoms with Crippen molar-refractivity contribution in [3.05, 3.63) is 0 Å². The maximum atomic E-state index is 11.4. The van der Waals surface area contributed by atoms with Gasteiger partial charge in [-0.1, -0.05) is 13.8 Å². The lowest BCUT2D eigenvalue weighted by Gasteiger charge is -2.23. The summed E-state index contributed by atoms with van der Waals surface area (Å²) in [5, 5.41) is 9.50. The third-order valence-electron chi connectivity index (χ3n) is 2.60. The fourth-order valence-electron chi connectivity index (χ4n) is 1.64. The SMILES string of the molecule is CC(C)CNC(=O)CNC1CCNCC1. The average Bonchev–Trinajstić information content (AvgIpc) is 2.25. The van der Waals surface area contributed by atoms with Gasteiger partial charge in [0.05, 0.1) is 6.54 Å². The van der Waals surface area contributed by atoms with Crippen molar-refractivity contribution in [3.8, 4) is 0 Å². The van der Waals surface area contributed by atoms with Crippen LogP contribution in [0.25, 0.3) is 0 Å². The van der Waals surface area contributed by atoms with Gasteiger partial charge in [-0.2, -0.15) is 0 Å². The normalized spacial score (nSPS) is 18.1. The number of amides is 1. The van der Waals surface area contributed by atoms with Gasteiger partial charge in [0.2, 0.25) is 5.91 Å². The first-order valence-electron chi connectivity index (χ1n) is 5.89. The lowest BCUT2D eigenvalue weighted by molar-refractivity contribution is -0.120. The monoisotopic (exact) mass is 213 g/mol. The van der Waals surface area contributed by atoms with Crippen molar-refractivity contribution in [1.29, 1.82) is 0 Å². The second kappa shape index (κ2) is 6.80. The molecule has 0 unspecified atom stereocenters. The highest BCUT2D eigenvalue weighted by atomic mass is 16.1. The van der Waals surface area contributed by atoms with Gasteiger partial charge in [0.1, 0.15) is 0 Å². The molecule has 0 aromatic heterocycles. The molecule has 15 heavy (non-hydrogen) atoms. The molecular formula is C11H23N3O. The summed E-state index contributed by atoms with van der Waals surface area (Å²) in [4.78, 5) is 11.4. The molecule has 88 valence electrons. The standard InChI is InChI=1S/C11H23N3O/c1-9(2)7-14-11(15)8-13-10-3-5-12-6-4-10/h9-10,12-13H,3-8H2,1-2H3,(H,14,15). The number of hydrogen-bond acceptors (Lipinski definition) is 3. The third kappa shape index (κ3) is 5.74. The van der Waals surface area contributed by atoms with E-state index in [2.05, 4.69) is 29.8 Å². The van der Waals surface area contributed by atoms with Crippen LogP contribution in [0.1, 0.15) is 26.7 Å². The molecule has 0 atom stereocenters. The quantitative estimate of drug-likeness (QED) is 0.607. The van der Waals surface area contributed by atoms with Crippen LogP contribution in [0.3, 0.4) is 0 Å². The summed E-state index contributed by atoms with van der Waals surface area (Å²) in [6, 6.07) is 0.510. The van der Waals surface area contributed by atoms with Crippen molar-refractivity contribution in [2.75, 3.05) is 26.2 Å². The molecule has 1 aliphatic rings. The van der Waals surface area contributed by atoms with E-state index in [-0.39, 0.29) is 5.91 Å². The topological polar surface area (TPSA) is 53.2 Å². The van der Waals surface area contributed by atoms with E-state index < -0.39 is 0 Å². The Labute approximate surface area is 92.2 Å². The molecule has 4 heteroatoms. The van der Waals surface area contributed by atoms with Crippen LogP contribution in [0.5, 0.6) is 0 Å². The molecular weight excluding hydrogens is 190 g/mol. The fraction of sp³-hybridized carbons (Fsp3) is 0.909. The van der Waals surface area contributed by atoms with Gasteiger partial charge in [-0.3, -0.25) is 4.79 Å². The van der Waals surface area contributed by atoms with Gasteiger partial charge in [-0.15, -0.1) is 0 Å². The van der Waals surface area contributed by atoms with Crippen molar-refractivity contribution in [1.82, 2.24) is 16.0 Å². The van der Waals surface area contributed by atoms with E-state index in [1.807, 2.05) is 0 Å². The number of piperidine rings is 1. The smallest absolute Gasteiger partial charge is 0.233 e. The predicted molar refractivity (Wildman–Crippen MR) is 61.7 cm³/mol. The Hall–Kier alpha value is -0.610. The van der Waals surface area contributed by atoms with Crippen molar-refractivity contribution >= 4 is 5.91 Å². The van der Waals surface area contributed by atoms with E-state index in [1.165, 1.54) is 0 Å². The second-order valence-corrected chi connectivity index (χ2v) is 4.60. The molecule has 0 bridgehead atoms. The summed E-state index contributed by atoms with van der Waals surface area (Å²) in [5.74, 6) is 0.634. The molecule has 1 aliphatic heterocycles. The molecule has 1 heterocycles. The number of carbonyl (C=O) groups is 1. The van der Waals surface area contributed by atoms with Crippen LogP contribution >= 0.6 is 0 Å². The van der Waals surface area contributed by atoms with Crippen LogP contribution in [-0.4, -0.2) is 38.1 Å². The van der Waals surface area contributed by atoms with Gasteiger partial charge < -0.3 is 16.0 Å². The Morgan fingerprint density at radius 3 is 2.67 bits per heavy atom. The van der Waals surface area contributed by atoms with Crippen LogP contribution < -0.4 is 16.0 Å². The Morgan fingerprint density at radius 1 is 1.40 bits per heavy atom. The van der Waals surface area contributed by atoms with Gasteiger partial charge in [-0.05, 0) is 31.8 Å². The van der Waals surface area contributed by atoms with Crippen LogP contribution in [-0.2, 0) is 4.79 Å². The first-order valence-corrected chi connectivity index (χ1v) is 5.89. The number of carbonyl (C=O) groups excluding carboxylic acids is 1. The van der Waals surface area contributed by atoms with E-state index in [4.69, 9.17) is 0 Å². The third-order valence-corrected chi connectivity index (χ3v) is 2.60. The van der Waals surface area contributed by atoms with E-state index in [0.717, 1.165) is 32.5 Å². The molecule has 4 nitrogen and oxygen atoms in total. The number of nitrogens with one attached hydrogen (secondary N) is 3. The van der Waals surface area contributed by atoms with Crippen molar-refractivity contribution in [2.45, 2.75) is 32.7 Å². The Morgan fingerprint density at radius 2 is 2.07 bits per heavy atom. The molecule has 0 aromatic carbocycles. The summed E-state index contributed by atoms with van der Waals surface area (Å²) in [7, 11) is 0. The van der Waals surface area contributed by atoms with Gasteiger partial charge in [-0.25, -0.2) is 0 Å². The minimum absolute atomic E-state index is 0.113. The highest BCUT2D eigenvalue weighted by Crippen LogP contribution is 2.00. The van der Waals surface area contributed by atoms with Gasteiger partial charge in [0.25, 0.3) is 0 Å². The molecule has 1 rings (SSSR count). The molecule has 0 aliphatic carbocycles. The summed E-state index contributed by atoms with van der Waals surface area (Å²) in [6.07, 6.45) is 2.24. The zero-order chi connectivity index (χ0) is 11.1.